The quantitative estimate of drug-likeness (QED) is 0.0964. The molecule has 4 rings (SSSR count). The third kappa shape index (κ3) is 8.88. The van der Waals surface area contributed by atoms with Gasteiger partial charge >= 0.3 is 16.2 Å². The summed E-state index contributed by atoms with van der Waals surface area (Å²) in [5.41, 5.74) is 0. The highest BCUT2D eigenvalue weighted by Gasteiger charge is 2.26. The van der Waals surface area contributed by atoms with Crippen molar-refractivity contribution in [3.63, 3.8) is 0 Å². The minimum absolute atomic E-state index is 0.0423. The predicted molar refractivity (Wildman–Crippen MR) is 187 cm³/mol. The molecule has 2 aromatic carbocycles. The third-order valence-corrected chi connectivity index (χ3v) is 11.3. The summed E-state index contributed by atoms with van der Waals surface area (Å²) in [6.45, 7) is 3.11. The second-order valence-electron chi connectivity index (χ2n) is 11.6. The number of ketones is 2. The maximum Gasteiger partial charge on any atom is 0.306 e. The van der Waals surface area contributed by atoms with Gasteiger partial charge in [0.1, 0.15) is 0 Å². The molecular formula is C33H37FN2O11S3. The lowest BCUT2D eigenvalue weighted by Gasteiger charge is -2.15. The van der Waals surface area contributed by atoms with Crippen LogP contribution in [0.25, 0.3) is 20.2 Å². The van der Waals surface area contributed by atoms with Gasteiger partial charge in [-0.25, -0.2) is 9.11 Å². The van der Waals surface area contributed by atoms with Crippen LogP contribution in [-0.4, -0.2) is 82.8 Å². The average molecular weight is 753 g/mol. The molecule has 0 saturated heterocycles. The topological polar surface area (TPSA) is 175 Å². The molecule has 2 heterocycles. The number of carboxylic acids is 1. The minimum atomic E-state index is -4.02. The van der Waals surface area contributed by atoms with Gasteiger partial charge in [-0.2, -0.15) is 12.7 Å². The van der Waals surface area contributed by atoms with Gasteiger partial charge in [0.25, 0.3) is 0 Å². The molecule has 0 aliphatic rings. The summed E-state index contributed by atoms with van der Waals surface area (Å²) >= 11 is 2.25. The molecule has 0 aliphatic carbocycles. The molecule has 270 valence electrons. The number of ether oxygens (including phenoxy) is 4. The van der Waals surface area contributed by atoms with Gasteiger partial charge in [0, 0.05) is 66.2 Å². The lowest BCUT2D eigenvalue weighted by Crippen LogP contribution is -2.42. The number of methoxy groups -OCH3 is 2. The van der Waals surface area contributed by atoms with E-state index in [1.165, 1.54) is 59.6 Å². The number of carbonyl (C=O) groups is 4. The third-order valence-electron chi connectivity index (χ3n) is 7.61. The number of thiophene rings is 2. The molecule has 2 atom stereocenters. The molecule has 2 aromatic heterocycles. The van der Waals surface area contributed by atoms with Gasteiger partial charge in [0.2, 0.25) is 5.91 Å². The van der Waals surface area contributed by atoms with Gasteiger partial charge in [0.15, 0.2) is 40.4 Å². The van der Waals surface area contributed by atoms with E-state index in [0.717, 1.165) is 25.7 Å². The van der Waals surface area contributed by atoms with Crippen LogP contribution in [0.3, 0.4) is 0 Å². The molecule has 17 heteroatoms. The number of carboxylic acid groups (broad SMARTS) is 1. The number of amides is 1. The summed E-state index contributed by atoms with van der Waals surface area (Å²) in [5.74, 6) is -4.26. The summed E-state index contributed by atoms with van der Waals surface area (Å²) in [6.07, 6.45) is -0.0717. The standard InChI is InChI=1S/C33H37FN2O11S3/c1-17(32(39)35-50(42,43)36(3)4)10-21(37)29-14-20-27(49-29)16-25(45-6)31(30(20)34)47-9-7-8-46-24-12-19-13-28(22(38)11-18(2)33(40)41)48-26(19)15-23(24)44-5/h12-18H,7-11H2,1-6H3,(H,35,39)(H,40,41)/t17-,18-/m0/s1. The van der Waals surface area contributed by atoms with Crippen LogP contribution in [0.4, 0.5) is 4.39 Å². The van der Waals surface area contributed by atoms with E-state index >= 15 is 4.39 Å². The van der Waals surface area contributed by atoms with Gasteiger partial charge in [0.05, 0.1) is 43.1 Å². The highest BCUT2D eigenvalue weighted by molar-refractivity contribution is 7.87. The Morgan fingerprint density at radius 1 is 0.840 bits per heavy atom. The van der Waals surface area contributed by atoms with E-state index in [0.29, 0.717) is 27.5 Å². The van der Waals surface area contributed by atoms with Gasteiger partial charge in [-0.15, -0.1) is 22.7 Å². The van der Waals surface area contributed by atoms with Crippen LogP contribution in [0.2, 0.25) is 0 Å². The monoisotopic (exact) mass is 752 g/mol. The van der Waals surface area contributed by atoms with Crippen molar-refractivity contribution in [1.29, 1.82) is 0 Å². The first-order valence-electron chi connectivity index (χ1n) is 15.3. The zero-order valence-electron chi connectivity index (χ0n) is 28.2. The number of benzene rings is 2. The van der Waals surface area contributed by atoms with Crippen molar-refractivity contribution in [2.45, 2.75) is 33.1 Å². The van der Waals surface area contributed by atoms with E-state index in [4.69, 9.17) is 24.1 Å². The van der Waals surface area contributed by atoms with Crippen molar-refractivity contribution in [2.24, 2.45) is 11.8 Å². The number of nitrogens with zero attached hydrogens (tertiary/aromatic N) is 1. The Morgan fingerprint density at radius 3 is 2.04 bits per heavy atom. The maximum absolute atomic E-state index is 15.7. The smallest absolute Gasteiger partial charge is 0.306 e. The largest absolute Gasteiger partial charge is 0.493 e. The van der Waals surface area contributed by atoms with E-state index in [9.17, 15) is 27.6 Å². The first-order chi connectivity index (χ1) is 23.6. The second kappa shape index (κ2) is 16.1. The number of halogens is 1. The molecule has 0 bridgehead atoms. The number of rotatable bonds is 18. The molecule has 0 radical (unpaired) electrons. The molecule has 0 fully saturated rings. The first-order valence-corrected chi connectivity index (χ1v) is 18.3. The number of aliphatic carboxylic acids is 1. The molecule has 50 heavy (non-hydrogen) atoms. The predicted octanol–water partition coefficient (Wildman–Crippen LogP) is 5.55. The van der Waals surface area contributed by atoms with Crippen molar-refractivity contribution in [2.75, 3.05) is 41.5 Å². The molecule has 0 unspecified atom stereocenters. The van der Waals surface area contributed by atoms with Gasteiger partial charge in [-0.1, -0.05) is 13.8 Å². The van der Waals surface area contributed by atoms with Gasteiger partial charge in [-0.3, -0.25) is 19.2 Å². The fraction of sp³-hybridized carbons (Fsp3) is 0.394. The fourth-order valence-electron chi connectivity index (χ4n) is 4.65. The molecule has 0 spiro atoms. The molecule has 1 amide bonds. The summed E-state index contributed by atoms with van der Waals surface area (Å²) in [4.78, 5) is 49.7. The van der Waals surface area contributed by atoms with Crippen molar-refractivity contribution < 1.29 is 56.0 Å². The van der Waals surface area contributed by atoms with E-state index in [-0.39, 0.29) is 53.6 Å². The van der Waals surface area contributed by atoms with E-state index in [1.807, 2.05) is 4.72 Å². The highest BCUT2D eigenvalue weighted by atomic mass is 32.2. The van der Waals surface area contributed by atoms with Crippen LogP contribution in [0.5, 0.6) is 23.0 Å². The van der Waals surface area contributed by atoms with E-state index in [1.54, 1.807) is 24.3 Å². The van der Waals surface area contributed by atoms with E-state index in [2.05, 4.69) is 0 Å². The number of Topliss-reactive ketones (excluding diaryl/α,β-unsaturated/α-hetero) is 2. The molecule has 0 saturated carbocycles. The zero-order valence-corrected chi connectivity index (χ0v) is 30.6. The van der Waals surface area contributed by atoms with E-state index < -0.39 is 45.5 Å². The normalized spacial score (nSPS) is 12.9. The summed E-state index contributed by atoms with van der Waals surface area (Å²) in [5, 5.41) is 9.99. The molecule has 0 aliphatic heterocycles. The Labute approximate surface area is 296 Å². The van der Waals surface area contributed by atoms with Crippen molar-refractivity contribution in [3.05, 3.63) is 45.9 Å². The molecular weight excluding hydrogens is 716 g/mol. The highest BCUT2D eigenvalue weighted by Crippen LogP contribution is 2.41. The Hall–Kier alpha value is -4.32. The molecule has 4 aromatic rings. The van der Waals surface area contributed by atoms with Crippen LogP contribution in [0, 0.1) is 17.7 Å². The lowest BCUT2D eigenvalue weighted by atomic mass is 10.0. The average Bonchev–Trinajstić information content (AvgIpc) is 3.69. The second-order valence-corrected chi connectivity index (χ2v) is 15.6. The Kier molecular flexibility index (Phi) is 12.4. The number of carbonyl (C=O) groups excluding carboxylic acids is 3. The number of hydrogen-bond donors (Lipinski definition) is 2. The van der Waals surface area contributed by atoms with Crippen LogP contribution >= 0.6 is 22.7 Å². The van der Waals surface area contributed by atoms with Crippen molar-refractivity contribution in [1.82, 2.24) is 9.03 Å². The Morgan fingerprint density at radius 2 is 1.42 bits per heavy atom. The van der Waals surface area contributed by atoms with Crippen molar-refractivity contribution >= 4 is 76.5 Å². The summed E-state index contributed by atoms with van der Waals surface area (Å²) < 4.78 is 66.1. The minimum Gasteiger partial charge on any atom is -0.493 e. The van der Waals surface area contributed by atoms with Crippen molar-refractivity contribution in [3.8, 4) is 23.0 Å². The Bertz CT molecular complexity index is 2040. The zero-order chi connectivity index (χ0) is 36.9. The van der Waals surface area contributed by atoms with Crippen LogP contribution in [0.15, 0.2) is 30.3 Å². The van der Waals surface area contributed by atoms with Crippen LogP contribution in [0.1, 0.15) is 52.5 Å². The number of fused-ring (bicyclic) bond motifs is 2. The van der Waals surface area contributed by atoms with Crippen LogP contribution in [-0.2, 0) is 19.8 Å². The number of hydrogen-bond acceptors (Lipinski definition) is 12. The molecule has 13 nitrogen and oxygen atoms in total. The lowest BCUT2D eigenvalue weighted by molar-refractivity contribution is -0.141. The Balaban J connectivity index is 1.39. The summed E-state index contributed by atoms with van der Waals surface area (Å²) in [7, 11) is 1.35. The van der Waals surface area contributed by atoms with Gasteiger partial charge in [-0.05, 0) is 23.6 Å². The first kappa shape index (κ1) is 38.5. The molecule has 2 N–H and O–H groups in total. The van der Waals surface area contributed by atoms with Crippen LogP contribution < -0.4 is 23.7 Å². The number of nitrogens with one attached hydrogen (secondary N) is 1. The fourth-order valence-corrected chi connectivity index (χ4v) is 7.35. The SMILES string of the molecule is COc1cc2sc(C(=O)C[C@H](C)C(=O)O)cc2cc1OCCCOc1c(OC)cc2sc(C(=O)C[C@H](C)C(=O)NS(=O)(=O)N(C)C)cc2c1F. The van der Waals surface area contributed by atoms with Gasteiger partial charge < -0.3 is 24.1 Å². The maximum atomic E-state index is 15.7. The summed E-state index contributed by atoms with van der Waals surface area (Å²) in [6, 6.07) is 8.08.